The lowest BCUT2D eigenvalue weighted by atomic mass is 10.0. The first-order valence-corrected chi connectivity index (χ1v) is 22.2. The molecule has 0 saturated carbocycles. The number of aryl methyl sites for hydroxylation is 3. The van der Waals surface area contributed by atoms with Gasteiger partial charge in [0.1, 0.15) is 22.9 Å². The molecule has 1 saturated heterocycles. The maximum Gasteiger partial charge on any atom is 0.264 e. The van der Waals surface area contributed by atoms with E-state index in [9.17, 15) is 24.0 Å². The van der Waals surface area contributed by atoms with E-state index in [1.54, 1.807) is 60.3 Å². The Bertz CT molecular complexity index is 2790. The van der Waals surface area contributed by atoms with Crippen LogP contribution in [0.2, 0.25) is 5.02 Å². The van der Waals surface area contributed by atoms with E-state index in [0.29, 0.717) is 53.5 Å². The number of hydrogen-bond acceptors (Lipinski definition) is 13. The third-order valence-corrected chi connectivity index (χ3v) is 12.6. The first kappa shape index (κ1) is 44.5. The number of benzene rings is 3. The van der Waals surface area contributed by atoms with Gasteiger partial charge in [0.2, 0.25) is 17.7 Å². The molecule has 5 heterocycles. The number of amides is 5. The third-order valence-electron chi connectivity index (χ3n) is 11.2. The van der Waals surface area contributed by atoms with Crippen molar-refractivity contribution >= 4 is 64.4 Å². The number of aliphatic imine (C=N–C) groups is 1. The molecule has 6 aromatic rings. The van der Waals surface area contributed by atoms with Crippen LogP contribution in [0.15, 0.2) is 90.2 Å². The summed E-state index contributed by atoms with van der Waals surface area (Å²) in [5, 5.41) is 19.0. The fourth-order valence-corrected chi connectivity index (χ4v) is 8.85. The van der Waals surface area contributed by atoms with Crippen LogP contribution >= 0.6 is 22.9 Å². The molecule has 16 nitrogen and oxygen atoms in total. The molecule has 0 spiro atoms. The number of aromatic nitrogens is 5. The highest BCUT2D eigenvalue weighted by atomic mass is 35.5. The smallest absolute Gasteiger partial charge is 0.264 e. The topological polar surface area (TPSA) is 203 Å². The second-order valence-corrected chi connectivity index (χ2v) is 17.4. The van der Waals surface area contributed by atoms with Crippen molar-refractivity contribution < 1.29 is 28.7 Å². The zero-order chi connectivity index (χ0) is 45.8. The van der Waals surface area contributed by atoms with Gasteiger partial charge in [-0.2, -0.15) is 0 Å². The van der Waals surface area contributed by atoms with Crippen molar-refractivity contribution in [1.29, 1.82) is 0 Å². The molecule has 65 heavy (non-hydrogen) atoms. The van der Waals surface area contributed by atoms with Crippen LogP contribution < -0.4 is 20.7 Å². The molecular formula is C47H45ClN10O6S. The lowest BCUT2D eigenvalue weighted by Crippen LogP contribution is -2.54. The Balaban J connectivity index is 0.841. The minimum Gasteiger partial charge on any atom is -0.490 e. The number of piperidine rings is 1. The first-order valence-electron chi connectivity index (χ1n) is 21.1. The Labute approximate surface area is 383 Å². The minimum atomic E-state index is -1.03. The molecule has 1 fully saturated rings. The summed E-state index contributed by atoms with van der Waals surface area (Å²) in [5.74, 6) is -0.156. The average molecular weight is 913 g/mol. The molecular weight excluding hydrogens is 868 g/mol. The Hall–Kier alpha value is -7.11. The number of anilines is 1. The van der Waals surface area contributed by atoms with E-state index in [1.165, 1.54) is 4.88 Å². The van der Waals surface area contributed by atoms with Crippen LogP contribution in [0.3, 0.4) is 0 Å². The largest absolute Gasteiger partial charge is 0.490 e. The van der Waals surface area contributed by atoms with E-state index in [-0.39, 0.29) is 42.3 Å². The zero-order valence-corrected chi connectivity index (χ0v) is 37.6. The van der Waals surface area contributed by atoms with Crippen molar-refractivity contribution in [2.45, 2.75) is 71.5 Å². The summed E-state index contributed by atoms with van der Waals surface area (Å²) >= 11 is 7.75. The summed E-state index contributed by atoms with van der Waals surface area (Å²) in [6.07, 6.45) is 5.65. The normalized spacial score (nSPS) is 15.8. The summed E-state index contributed by atoms with van der Waals surface area (Å²) in [7, 11) is 0. The van der Waals surface area contributed by atoms with E-state index in [0.717, 1.165) is 32.2 Å². The third kappa shape index (κ3) is 9.85. The van der Waals surface area contributed by atoms with Crippen LogP contribution in [0.25, 0.3) is 16.4 Å². The van der Waals surface area contributed by atoms with Crippen molar-refractivity contribution in [1.82, 2.24) is 40.3 Å². The number of hydrogen-bond donors (Lipinski definition) is 3. The van der Waals surface area contributed by atoms with E-state index in [2.05, 4.69) is 56.0 Å². The molecule has 1 unspecified atom stereocenters. The molecule has 0 radical (unpaired) electrons. The fourth-order valence-electron chi connectivity index (χ4n) is 7.63. The average Bonchev–Trinajstić information content (AvgIpc) is 3.93. The van der Waals surface area contributed by atoms with Gasteiger partial charge < -0.3 is 15.4 Å². The highest BCUT2D eigenvalue weighted by molar-refractivity contribution is 7.14. The summed E-state index contributed by atoms with van der Waals surface area (Å²) in [4.78, 5) is 80.2. The van der Waals surface area contributed by atoms with Gasteiger partial charge in [0.05, 0.1) is 42.6 Å². The molecule has 3 atom stereocenters. The van der Waals surface area contributed by atoms with E-state index >= 15 is 0 Å². The summed E-state index contributed by atoms with van der Waals surface area (Å²) in [5.41, 5.74) is 4.57. The number of halogens is 1. The Morgan fingerprint density at radius 1 is 1.00 bits per heavy atom. The fraction of sp³-hybridized carbons (Fsp3) is 0.277. The van der Waals surface area contributed by atoms with Crippen molar-refractivity contribution in [3.05, 3.63) is 135 Å². The predicted molar refractivity (Wildman–Crippen MR) is 246 cm³/mol. The molecule has 3 aromatic heterocycles. The van der Waals surface area contributed by atoms with E-state index in [4.69, 9.17) is 21.3 Å². The maximum absolute atomic E-state index is 13.7. The number of fused-ring (bicyclic) bond motifs is 1. The van der Waals surface area contributed by atoms with Crippen LogP contribution in [0.4, 0.5) is 5.69 Å². The highest BCUT2D eigenvalue weighted by Crippen LogP contribution is 2.33. The summed E-state index contributed by atoms with van der Waals surface area (Å²) in [6.45, 7) is 8.70. The predicted octanol–water partition coefficient (Wildman–Crippen LogP) is 7.07. The number of imide groups is 2. The van der Waals surface area contributed by atoms with E-state index < -0.39 is 35.7 Å². The molecule has 2 aliphatic rings. The van der Waals surface area contributed by atoms with Crippen molar-refractivity contribution in [3.63, 3.8) is 0 Å². The molecule has 0 aliphatic carbocycles. The maximum atomic E-state index is 13.7. The van der Waals surface area contributed by atoms with Crippen LogP contribution in [-0.4, -0.2) is 84.6 Å². The minimum absolute atomic E-state index is 0.0395. The van der Waals surface area contributed by atoms with Gasteiger partial charge >= 0.3 is 0 Å². The van der Waals surface area contributed by atoms with Gasteiger partial charge in [-0.25, -0.2) is 9.97 Å². The van der Waals surface area contributed by atoms with Gasteiger partial charge in [0.25, 0.3) is 11.8 Å². The number of nitrogens with one attached hydrogen (secondary N) is 3. The number of rotatable bonds is 16. The molecule has 332 valence electrons. The van der Waals surface area contributed by atoms with Crippen LogP contribution in [0.5, 0.6) is 5.75 Å². The van der Waals surface area contributed by atoms with Crippen LogP contribution in [-0.2, 0) is 14.4 Å². The SMILES string of the molecule is Cc1cc(-n2c(C)nnc2[C@H](CC(=O)N[C@@H](C)c2ccc(-c3ncc(OCCCNc4cccc5c4C(=O)N(C4CCC(=O)NC4=O)C5=O)cn3)cc2)N=Cc2ccc(Cl)cc2)sc1C. The molecule has 3 aromatic carbocycles. The molecule has 5 amide bonds. The van der Waals surface area contributed by atoms with E-state index in [1.807, 2.05) is 54.8 Å². The van der Waals surface area contributed by atoms with Crippen molar-refractivity contribution in [2.75, 3.05) is 18.5 Å². The molecule has 18 heteroatoms. The Kier molecular flexibility index (Phi) is 13.2. The lowest BCUT2D eigenvalue weighted by Gasteiger charge is -2.27. The van der Waals surface area contributed by atoms with Gasteiger partial charge in [-0.3, -0.25) is 43.7 Å². The molecule has 2 aliphatic heterocycles. The van der Waals surface area contributed by atoms with Gasteiger partial charge in [-0.15, -0.1) is 21.5 Å². The molecule has 0 bridgehead atoms. The van der Waals surface area contributed by atoms with Crippen molar-refractivity contribution in [2.24, 2.45) is 4.99 Å². The number of ether oxygens (including phenoxy) is 1. The number of carbonyl (C=O) groups is 5. The van der Waals surface area contributed by atoms with Crippen LogP contribution in [0, 0.1) is 20.8 Å². The monoisotopic (exact) mass is 912 g/mol. The summed E-state index contributed by atoms with van der Waals surface area (Å²) < 4.78 is 7.85. The van der Waals surface area contributed by atoms with Gasteiger partial charge in [0, 0.05) is 40.3 Å². The summed E-state index contributed by atoms with van der Waals surface area (Å²) in [6, 6.07) is 20.0. The number of nitrogens with zero attached hydrogens (tertiary/aromatic N) is 7. The van der Waals surface area contributed by atoms with Gasteiger partial charge in [-0.05, 0) is 87.6 Å². The highest BCUT2D eigenvalue weighted by Gasteiger charge is 2.45. The number of carbonyl (C=O) groups excluding carboxylic acids is 5. The second-order valence-electron chi connectivity index (χ2n) is 15.8. The van der Waals surface area contributed by atoms with Gasteiger partial charge in [0.15, 0.2) is 17.4 Å². The first-order chi connectivity index (χ1) is 31.3. The standard InChI is InChI=1S/C47H45ClN10O6S/c1-26-21-41(65-28(26)3)57-29(4)55-56-44(57)37(50-23-30-9-15-33(48)16-10-30)22-40(60)53-27(2)31-11-13-32(14-12-31)43-51-24-34(25-52-43)64-20-6-19-49-36-8-5-7-35-42(36)47(63)58(46(35)62)38-17-18-39(59)54-45(38)61/h5,7-16,21,23-25,27,37-38,49H,6,17-20,22H2,1-4H3,(H,53,60)(H,54,59,61)/t27-,37-,38?/m0/s1. The molecule has 8 rings (SSSR count). The second kappa shape index (κ2) is 19.3. The zero-order valence-electron chi connectivity index (χ0n) is 36.0. The van der Waals surface area contributed by atoms with Crippen molar-refractivity contribution in [3.8, 4) is 22.1 Å². The molecule has 3 N–H and O–H groups in total. The quantitative estimate of drug-likeness (QED) is 0.0509. The van der Waals surface area contributed by atoms with Gasteiger partial charge in [-0.1, -0.05) is 54.1 Å². The number of thiophene rings is 1. The Morgan fingerprint density at radius 3 is 2.46 bits per heavy atom. The van der Waals surface area contributed by atoms with Crippen LogP contribution in [0.1, 0.15) is 98.6 Å². The lowest BCUT2D eigenvalue weighted by molar-refractivity contribution is -0.136. The Morgan fingerprint density at radius 2 is 1.75 bits per heavy atom.